The van der Waals surface area contributed by atoms with Crippen LogP contribution in [0.2, 0.25) is 0 Å². The standard InChI is InChI=1S/C20H18N2OS/c1-15-12-13-18(21-14-15)22-20(23)19(16-8-4-2-5-9-16)24-17-10-6-3-7-11-17/h2-14,19H,1H3,(H,21,22,23)/t19-/m0/s1. The summed E-state index contributed by atoms with van der Waals surface area (Å²) < 4.78 is 0. The lowest BCUT2D eigenvalue weighted by Crippen LogP contribution is -2.19. The van der Waals surface area contributed by atoms with Gasteiger partial charge in [-0.15, -0.1) is 11.8 Å². The Morgan fingerprint density at radius 2 is 1.62 bits per heavy atom. The number of nitrogens with one attached hydrogen (secondary N) is 1. The van der Waals surface area contributed by atoms with Gasteiger partial charge in [0, 0.05) is 11.1 Å². The highest BCUT2D eigenvalue weighted by Gasteiger charge is 2.22. The molecule has 1 heterocycles. The van der Waals surface area contributed by atoms with Crippen molar-refractivity contribution in [3.8, 4) is 0 Å². The lowest BCUT2D eigenvalue weighted by molar-refractivity contribution is -0.115. The van der Waals surface area contributed by atoms with E-state index in [0.717, 1.165) is 16.0 Å². The largest absolute Gasteiger partial charge is 0.309 e. The molecule has 1 aromatic heterocycles. The second kappa shape index (κ2) is 7.79. The molecule has 0 aliphatic heterocycles. The molecule has 1 N–H and O–H groups in total. The van der Waals surface area contributed by atoms with Crippen LogP contribution in [0, 0.1) is 6.92 Å². The smallest absolute Gasteiger partial charge is 0.243 e. The first kappa shape index (κ1) is 16.3. The fraction of sp³-hybridized carbons (Fsp3) is 0.100. The van der Waals surface area contributed by atoms with Crippen molar-refractivity contribution in [1.82, 2.24) is 4.98 Å². The number of anilines is 1. The van der Waals surface area contributed by atoms with Crippen molar-refractivity contribution in [2.24, 2.45) is 0 Å². The molecular weight excluding hydrogens is 316 g/mol. The molecule has 0 spiro atoms. The number of hydrogen-bond acceptors (Lipinski definition) is 3. The first-order valence-electron chi connectivity index (χ1n) is 7.72. The zero-order chi connectivity index (χ0) is 16.8. The lowest BCUT2D eigenvalue weighted by atomic mass is 10.1. The van der Waals surface area contributed by atoms with E-state index in [0.29, 0.717) is 5.82 Å². The highest BCUT2D eigenvalue weighted by atomic mass is 32.2. The summed E-state index contributed by atoms with van der Waals surface area (Å²) in [5.74, 6) is 0.492. The molecule has 0 saturated heterocycles. The third-order valence-electron chi connectivity index (χ3n) is 3.50. The van der Waals surface area contributed by atoms with E-state index in [1.165, 1.54) is 11.8 Å². The van der Waals surface area contributed by atoms with Crippen LogP contribution in [0.3, 0.4) is 0 Å². The molecule has 0 bridgehead atoms. The van der Waals surface area contributed by atoms with Gasteiger partial charge in [0.25, 0.3) is 0 Å². The quantitative estimate of drug-likeness (QED) is 0.677. The van der Waals surface area contributed by atoms with Crippen LogP contribution in [-0.4, -0.2) is 10.9 Å². The minimum Gasteiger partial charge on any atom is -0.309 e. The highest BCUT2D eigenvalue weighted by Crippen LogP contribution is 2.35. The molecule has 3 aromatic rings. The maximum absolute atomic E-state index is 12.8. The summed E-state index contributed by atoms with van der Waals surface area (Å²) in [7, 11) is 0. The molecule has 3 nitrogen and oxygen atoms in total. The van der Waals surface area contributed by atoms with E-state index >= 15 is 0 Å². The van der Waals surface area contributed by atoms with Gasteiger partial charge >= 0.3 is 0 Å². The Hall–Kier alpha value is -2.59. The zero-order valence-electron chi connectivity index (χ0n) is 13.3. The van der Waals surface area contributed by atoms with Crippen LogP contribution in [0.1, 0.15) is 16.4 Å². The number of aryl methyl sites for hydroxylation is 1. The molecule has 0 aliphatic carbocycles. The summed E-state index contributed by atoms with van der Waals surface area (Å²) in [6.07, 6.45) is 1.75. The molecule has 0 saturated carbocycles. The molecule has 0 unspecified atom stereocenters. The topological polar surface area (TPSA) is 42.0 Å². The van der Waals surface area contributed by atoms with Gasteiger partial charge in [0.1, 0.15) is 11.1 Å². The van der Waals surface area contributed by atoms with E-state index in [4.69, 9.17) is 0 Å². The van der Waals surface area contributed by atoms with Gasteiger partial charge in [-0.3, -0.25) is 4.79 Å². The fourth-order valence-electron chi connectivity index (χ4n) is 2.27. The van der Waals surface area contributed by atoms with E-state index in [1.807, 2.05) is 79.7 Å². The van der Waals surface area contributed by atoms with Crippen LogP contribution in [0.4, 0.5) is 5.82 Å². The molecule has 2 aromatic carbocycles. The van der Waals surface area contributed by atoms with Crippen LogP contribution in [0.25, 0.3) is 0 Å². The van der Waals surface area contributed by atoms with Crippen LogP contribution < -0.4 is 5.32 Å². The first-order chi connectivity index (χ1) is 11.7. The lowest BCUT2D eigenvalue weighted by Gasteiger charge is -2.17. The predicted molar refractivity (Wildman–Crippen MR) is 99.1 cm³/mol. The predicted octanol–water partition coefficient (Wildman–Crippen LogP) is 4.86. The van der Waals surface area contributed by atoms with Crippen molar-refractivity contribution in [2.75, 3.05) is 5.32 Å². The second-order valence-corrected chi connectivity index (χ2v) is 6.61. The van der Waals surface area contributed by atoms with Gasteiger partial charge in [0.05, 0.1) is 0 Å². The summed E-state index contributed by atoms with van der Waals surface area (Å²) in [5.41, 5.74) is 2.03. The summed E-state index contributed by atoms with van der Waals surface area (Å²) >= 11 is 1.53. The molecule has 0 aliphatic rings. The van der Waals surface area contributed by atoms with Gasteiger partial charge in [-0.25, -0.2) is 4.98 Å². The molecule has 120 valence electrons. The Balaban J connectivity index is 1.83. The Morgan fingerprint density at radius 3 is 2.25 bits per heavy atom. The minimum atomic E-state index is -0.336. The summed E-state index contributed by atoms with van der Waals surface area (Å²) in [5, 5.41) is 2.58. The van der Waals surface area contributed by atoms with Gasteiger partial charge in [-0.2, -0.15) is 0 Å². The number of hydrogen-bond donors (Lipinski definition) is 1. The molecule has 1 amide bonds. The SMILES string of the molecule is Cc1ccc(NC(=O)[C@@H](Sc2ccccc2)c2ccccc2)nc1. The van der Waals surface area contributed by atoms with E-state index in [9.17, 15) is 4.79 Å². The average molecular weight is 334 g/mol. The van der Waals surface area contributed by atoms with E-state index in [1.54, 1.807) is 6.20 Å². The van der Waals surface area contributed by atoms with Crippen molar-refractivity contribution < 1.29 is 4.79 Å². The highest BCUT2D eigenvalue weighted by molar-refractivity contribution is 8.00. The number of rotatable bonds is 5. The number of carbonyl (C=O) groups excluding carboxylic acids is 1. The third-order valence-corrected chi connectivity index (χ3v) is 4.77. The van der Waals surface area contributed by atoms with Crippen molar-refractivity contribution in [3.63, 3.8) is 0 Å². The summed E-state index contributed by atoms with van der Waals surface area (Å²) in [6, 6.07) is 23.5. The second-order valence-electron chi connectivity index (χ2n) is 5.43. The van der Waals surface area contributed by atoms with Crippen molar-refractivity contribution in [3.05, 3.63) is 90.1 Å². The van der Waals surface area contributed by atoms with E-state index in [2.05, 4.69) is 10.3 Å². The summed E-state index contributed by atoms with van der Waals surface area (Å²) in [4.78, 5) is 18.1. The van der Waals surface area contributed by atoms with Gasteiger partial charge in [-0.1, -0.05) is 54.6 Å². The molecule has 24 heavy (non-hydrogen) atoms. The summed E-state index contributed by atoms with van der Waals surface area (Å²) in [6.45, 7) is 1.97. The Morgan fingerprint density at radius 1 is 0.958 bits per heavy atom. The average Bonchev–Trinajstić information content (AvgIpc) is 2.63. The first-order valence-corrected chi connectivity index (χ1v) is 8.60. The normalized spacial score (nSPS) is 11.7. The monoisotopic (exact) mass is 334 g/mol. The van der Waals surface area contributed by atoms with E-state index in [-0.39, 0.29) is 11.2 Å². The number of thioether (sulfide) groups is 1. The molecule has 0 radical (unpaired) electrons. The zero-order valence-corrected chi connectivity index (χ0v) is 14.2. The van der Waals surface area contributed by atoms with Gasteiger partial charge < -0.3 is 5.32 Å². The Bertz CT molecular complexity index is 789. The van der Waals surface area contributed by atoms with Crippen LogP contribution in [-0.2, 0) is 4.79 Å². The number of nitrogens with zero attached hydrogens (tertiary/aromatic N) is 1. The van der Waals surface area contributed by atoms with E-state index < -0.39 is 0 Å². The minimum absolute atomic E-state index is 0.0774. The molecule has 0 fully saturated rings. The van der Waals surface area contributed by atoms with Crippen molar-refractivity contribution >= 4 is 23.5 Å². The van der Waals surface area contributed by atoms with Crippen molar-refractivity contribution in [1.29, 1.82) is 0 Å². The maximum Gasteiger partial charge on any atom is 0.243 e. The van der Waals surface area contributed by atoms with Crippen LogP contribution >= 0.6 is 11.8 Å². The van der Waals surface area contributed by atoms with Gasteiger partial charge in [0.15, 0.2) is 0 Å². The molecular formula is C20H18N2OS. The Kier molecular flexibility index (Phi) is 5.29. The number of carbonyl (C=O) groups is 1. The Labute approximate surface area is 146 Å². The molecule has 1 atom stereocenters. The number of aromatic nitrogens is 1. The van der Waals surface area contributed by atoms with Crippen LogP contribution in [0.15, 0.2) is 83.9 Å². The number of benzene rings is 2. The number of amides is 1. The van der Waals surface area contributed by atoms with Gasteiger partial charge in [0.2, 0.25) is 5.91 Å². The third kappa shape index (κ3) is 4.24. The fourth-order valence-corrected chi connectivity index (χ4v) is 3.32. The molecule has 3 rings (SSSR count). The van der Waals surface area contributed by atoms with Gasteiger partial charge in [-0.05, 0) is 36.2 Å². The van der Waals surface area contributed by atoms with Crippen molar-refractivity contribution in [2.45, 2.75) is 17.1 Å². The number of pyridine rings is 1. The maximum atomic E-state index is 12.8. The molecule has 4 heteroatoms. The van der Waals surface area contributed by atoms with Crippen LogP contribution in [0.5, 0.6) is 0 Å².